The molecule has 0 bridgehead atoms. The second-order valence-corrected chi connectivity index (χ2v) is 3.25. The van der Waals surface area contributed by atoms with Crippen LogP contribution < -0.4 is 11.3 Å². The van der Waals surface area contributed by atoms with Crippen LogP contribution in [0.15, 0.2) is 10.9 Å². The molecule has 0 aliphatic heterocycles. The lowest BCUT2D eigenvalue weighted by Gasteiger charge is -2.16. The Morgan fingerprint density at radius 2 is 2.00 bits per heavy atom. The molecule has 0 amide bonds. The number of H-pyrrole nitrogens is 1. The molecule has 1 aromatic heterocycles. The van der Waals surface area contributed by atoms with E-state index < -0.39 is 0 Å². The Balaban J connectivity index is 0.000000845. The molecule has 0 spiro atoms. The van der Waals surface area contributed by atoms with Crippen molar-refractivity contribution in [2.24, 2.45) is 0 Å². The lowest BCUT2D eigenvalue weighted by molar-refractivity contribution is 0.667. The van der Waals surface area contributed by atoms with Crippen LogP contribution in [-0.2, 0) is 12.8 Å². The number of pyridine rings is 1. The normalized spacial score (nSPS) is 14.5. The molecule has 4 heteroatoms. The summed E-state index contributed by atoms with van der Waals surface area (Å²) < 4.78 is 0. The number of hydrogen-bond donors (Lipinski definition) is 2. The molecular formula is C9H13ClN2O. The van der Waals surface area contributed by atoms with Crippen molar-refractivity contribution in [2.45, 2.75) is 25.7 Å². The fourth-order valence-electron chi connectivity index (χ4n) is 1.77. The minimum atomic E-state index is -0.0758. The average molecular weight is 201 g/mol. The van der Waals surface area contributed by atoms with Gasteiger partial charge in [0.15, 0.2) is 0 Å². The molecule has 0 saturated heterocycles. The third-order valence-electron chi connectivity index (χ3n) is 2.38. The second-order valence-electron chi connectivity index (χ2n) is 3.25. The predicted octanol–water partition coefficient (Wildman–Crippen LogP) is 1.26. The Hall–Kier alpha value is -0.960. The van der Waals surface area contributed by atoms with E-state index in [1.54, 1.807) is 0 Å². The third-order valence-corrected chi connectivity index (χ3v) is 2.38. The zero-order chi connectivity index (χ0) is 8.55. The zero-order valence-electron chi connectivity index (χ0n) is 7.30. The lowest BCUT2D eigenvalue weighted by Crippen LogP contribution is -2.16. The summed E-state index contributed by atoms with van der Waals surface area (Å²) in [7, 11) is 0. The first-order chi connectivity index (χ1) is 5.77. The molecule has 3 nitrogen and oxygen atoms in total. The number of nitrogens with one attached hydrogen (secondary N) is 1. The monoisotopic (exact) mass is 200 g/mol. The van der Waals surface area contributed by atoms with Crippen LogP contribution in [0, 0.1) is 0 Å². The first kappa shape index (κ1) is 10.1. The van der Waals surface area contributed by atoms with Crippen LogP contribution in [0.2, 0.25) is 0 Å². The molecule has 1 aliphatic carbocycles. The minimum Gasteiger partial charge on any atom is -0.398 e. The highest BCUT2D eigenvalue weighted by Gasteiger charge is 2.12. The average Bonchev–Trinajstić information content (AvgIpc) is 2.04. The van der Waals surface area contributed by atoms with Crippen molar-refractivity contribution < 1.29 is 0 Å². The molecule has 0 unspecified atom stereocenters. The summed E-state index contributed by atoms with van der Waals surface area (Å²) in [6.45, 7) is 0. The Morgan fingerprint density at radius 3 is 2.77 bits per heavy atom. The first-order valence-electron chi connectivity index (χ1n) is 4.28. The lowest BCUT2D eigenvalue weighted by atomic mass is 9.95. The van der Waals surface area contributed by atoms with Gasteiger partial charge in [0.05, 0.1) is 0 Å². The van der Waals surface area contributed by atoms with E-state index >= 15 is 0 Å². The van der Waals surface area contributed by atoms with E-state index in [9.17, 15) is 4.79 Å². The molecule has 1 aliphatic rings. The number of rotatable bonds is 0. The van der Waals surface area contributed by atoms with Crippen LogP contribution in [0.4, 0.5) is 5.69 Å². The van der Waals surface area contributed by atoms with Gasteiger partial charge in [0, 0.05) is 17.4 Å². The molecule has 2 rings (SSSR count). The quantitative estimate of drug-likeness (QED) is 0.663. The maximum atomic E-state index is 11.0. The van der Waals surface area contributed by atoms with Gasteiger partial charge in [0.2, 0.25) is 5.56 Å². The van der Waals surface area contributed by atoms with Gasteiger partial charge in [0.1, 0.15) is 0 Å². The molecule has 0 fully saturated rings. The Kier molecular flexibility index (Phi) is 2.98. The minimum absolute atomic E-state index is 0. The van der Waals surface area contributed by atoms with Gasteiger partial charge in [-0.05, 0) is 31.2 Å². The molecule has 1 heterocycles. The van der Waals surface area contributed by atoms with Gasteiger partial charge in [-0.1, -0.05) is 0 Å². The standard InChI is InChI=1S/C9H12N2O.ClH/c10-7-5-9(12)11-8-4-2-1-3-6(7)8;/h5H,1-4H2,(H3,10,11,12);1H. The molecule has 0 aromatic carbocycles. The largest absolute Gasteiger partial charge is 0.398 e. The van der Waals surface area contributed by atoms with Crippen LogP contribution in [0.25, 0.3) is 0 Å². The molecule has 72 valence electrons. The highest BCUT2D eigenvalue weighted by Crippen LogP contribution is 2.22. The SMILES string of the molecule is Cl.Nc1cc(=O)[nH]c2c1CCCC2. The second kappa shape index (κ2) is 3.83. The number of hydrogen-bond acceptors (Lipinski definition) is 2. The smallest absolute Gasteiger partial charge is 0.250 e. The van der Waals surface area contributed by atoms with Gasteiger partial charge in [-0.15, -0.1) is 12.4 Å². The van der Waals surface area contributed by atoms with Gasteiger partial charge in [-0.2, -0.15) is 0 Å². The summed E-state index contributed by atoms with van der Waals surface area (Å²) in [6.07, 6.45) is 4.32. The summed E-state index contributed by atoms with van der Waals surface area (Å²) in [5.41, 5.74) is 8.51. The van der Waals surface area contributed by atoms with Crippen molar-refractivity contribution in [3.8, 4) is 0 Å². The van der Waals surface area contributed by atoms with Crippen molar-refractivity contribution in [3.05, 3.63) is 27.7 Å². The van der Waals surface area contributed by atoms with Crippen molar-refractivity contribution in [2.75, 3.05) is 5.73 Å². The summed E-state index contributed by atoms with van der Waals surface area (Å²) in [5.74, 6) is 0. The number of halogens is 1. The number of anilines is 1. The van der Waals surface area contributed by atoms with Crippen molar-refractivity contribution in [1.29, 1.82) is 0 Å². The highest BCUT2D eigenvalue weighted by atomic mass is 35.5. The number of aromatic nitrogens is 1. The van der Waals surface area contributed by atoms with E-state index in [0.717, 1.165) is 30.5 Å². The number of nitrogens with two attached hydrogens (primary N) is 1. The number of aromatic amines is 1. The number of nitrogen functional groups attached to an aromatic ring is 1. The number of fused-ring (bicyclic) bond motifs is 1. The van der Waals surface area contributed by atoms with Gasteiger partial charge >= 0.3 is 0 Å². The van der Waals surface area contributed by atoms with Gasteiger partial charge in [0.25, 0.3) is 0 Å². The maximum absolute atomic E-state index is 11.0. The van der Waals surface area contributed by atoms with E-state index in [-0.39, 0.29) is 18.0 Å². The van der Waals surface area contributed by atoms with E-state index in [4.69, 9.17) is 5.73 Å². The van der Waals surface area contributed by atoms with Crippen molar-refractivity contribution >= 4 is 18.1 Å². The van der Waals surface area contributed by atoms with E-state index in [0.29, 0.717) is 5.69 Å². The Morgan fingerprint density at radius 1 is 1.31 bits per heavy atom. The predicted molar refractivity (Wildman–Crippen MR) is 55.4 cm³/mol. The topological polar surface area (TPSA) is 58.9 Å². The van der Waals surface area contributed by atoms with Crippen LogP contribution in [0.5, 0.6) is 0 Å². The molecule has 13 heavy (non-hydrogen) atoms. The summed E-state index contributed by atoms with van der Waals surface area (Å²) in [6, 6.07) is 1.48. The van der Waals surface area contributed by atoms with Crippen molar-refractivity contribution in [1.82, 2.24) is 4.98 Å². The first-order valence-corrected chi connectivity index (χ1v) is 4.28. The van der Waals surface area contributed by atoms with Crippen LogP contribution in [-0.4, -0.2) is 4.98 Å². The van der Waals surface area contributed by atoms with Gasteiger partial charge < -0.3 is 10.7 Å². The Labute approximate surface area is 82.8 Å². The maximum Gasteiger partial charge on any atom is 0.250 e. The van der Waals surface area contributed by atoms with E-state index in [1.807, 2.05) is 0 Å². The van der Waals surface area contributed by atoms with E-state index in [2.05, 4.69) is 4.98 Å². The summed E-state index contributed by atoms with van der Waals surface area (Å²) in [4.78, 5) is 13.9. The van der Waals surface area contributed by atoms with Crippen molar-refractivity contribution in [3.63, 3.8) is 0 Å². The van der Waals surface area contributed by atoms with Crippen LogP contribution in [0.3, 0.4) is 0 Å². The summed E-state index contributed by atoms with van der Waals surface area (Å²) >= 11 is 0. The molecule has 1 aromatic rings. The molecule has 3 N–H and O–H groups in total. The highest BCUT2D eigenvalue weighted by molar-refractivity contribution is 5.85. The summed E-state index contributed by atoms with van der Waals surface area (Å²) in [5, 5.41) is 0. The van der Waals surface area contributed by atoms with Gasteiger partial charge in [-0.3, -0.25) is 4.79 Å². The van der Waals surface area contributed by atoms with Gasteiger partial charge in [-0.25, -0.2) is 0 Å². The van der Waals surface area contributed by atoms with Crippen LogP contribution in [0.1, 0.15) is 24.1 Å². The molecule has 0 saturated carbocycles. The molecule has 0 atom stereocenters. The zero-order valence-corrected chi connectivity index (χ0v) is 8.12. The van der Waals surface area contributed by atoms with Crippen LogP contribution >= 0.6 is 12.4 Å². The Bertz CT molecular complexity index is 359. The fourth-order valence-corrected chi connectivity index (χ4v) is 1.77. The van der Waals surface area contributed by atoms with E-state index in [1.165, 1.54) is 12.5 Å². The number of aryl methyl sites for hydroxylation is 1. The third kappa shape index (κ3) is 1.86. The molecular weight excluding hydrogens is 188 g/mol. The molecule has 0 radical (unpaired) electrons. The fraction of sp³-hybridized carbons (Fsp3) is 0.444.